The molecule has 0 amide bonds. The number of pyridine rings is 1. The van der Waals surface area contributed by atoms with Crippen LogP contribution in [-0.2, 0) is 4.79 Å². The van der Waals surface area contributed by atoms with Gasteiger partial charge in [0.2, 0.25) is 0 Å². The zero-order valence-electron chi connectivity index (χ0n) is 16.0. The van der Waals surface area contributed by atoms with Crippen molar-refractivity contribution in [3.05, 3.63) is 47.1 Å². The molecule has 1 aliphatic carbocycles. The predicted octanol–water partition coefficient (Wildman–Crippen LogP) is 5.82. The highest BCUT2D eigenvalue weighted by Gasteiger charge is 2.20. The molecule has 1 N–H and O–H groups in total. The first-order valence-electron chi connectivity index (χ1n) is 9.89. The number of aromatic nitrogens is 2. The summed E-state index contributed by atoms with van der Waals surface area (Å²) in [7, 11) is 0. The van der Waals surface area contributed by atoms with Crippen LogP contribution in [0, 0.1) is 0 Å². The number of fused-ring (bicyclic) bond motifs is 1. The van der Waals surface area contributed by atoms with Crippen LogP contribution < -0.4 is 10.1 Å². The number of ether oxygens (including phenoxy) is 1. The van der Waals surface area contributed by atoms with Crippen molar-refractivity contribution < 1.29 is 9.53 Å². The van der Waals surface area contributed by atoms with Crippen LogP contribution in [0.1, 0.15) is 45.4 Å². The van der Waals surface area contributed by atoms with Gasteiger partial charge in [-0.05, 0) is 65.2 Å². The molecule has 0 atom stereocenters. The molecule has 146 valence electrons. The van der Waals surface area contributed by atoms with Gasteiger partial charge in [-0.1, -0.05) is 26.2 Å². The fraction of sp³-hybridized carbons (Fsp3) is 0.364. The summed E-state index contributed by atoms with van der Waals surface area (Å²) in [5, 5.41) is 3.75. The van der Waals surface area contributed by atoms with Gasteiger partial charge >= 0.3 is 5.97 Å². The van der Waals surface area contributed by atoms with Gasteiger partial charge in [0.05, 0.1) is 0 Å². The number of rotatable bonds is 5. The Kier molecular flexibility index (Phi) is 5.67. The van der Waals surface area contributed by atoms with Crippen molar-refractivity contribution in [2.45, 2.75) is 51.5 Å². The van der Waals surface area contributed by atoms with Crippen LogP contribution in [0.15, 0.2) is 47.1 Å². The number of carbonyl (C=O) groups excluding carboxylic acids is 1. The topological polar surface area (TPSA) is 55.6 Å². The summed E-state index contributed by atoms with van der Waals surface area (Å²) in [6.07, 6.45) is 8.64. The minimum Gasteiger partial charge on any atom is -0.427 e. The summed E-state index contributed by atoms with van der Waals surface area (Å²) < 4.78 is 8.42. The van der Waals surface area contributed by atoms with Crippen LogP contribution in [0.25, 0.3) is 16.9 Å². The van der Waals surface area contributed by atoms with Crippen molar-refractivity contribution in [1.82, 2.24) is 9.38 Å². The van der Waals surface area contributed by atoms with Gasteiger partial charge in [-0.15, -0.1) is 0 Å². The molecule has 3 aromatic rings. The maximum atomic E-state index is 11.5. The largest absolute Gasteiger partial charge is 0.427 e. The number of esters is 1. The molecule has 2 aromatic heterocycles. The third-order valence-electron chi connectivity index (χ3n) is 5.18. The molecule has 1 aliphatic rings. The number of nitrogens with one attached hydrogen (secondary N) is 1. The zero-order chi connectivity index (χ0) is 19.5. The molecule has 0 radical (unpaired) electrons. The Morgan fingerprint density at radius 3 is 2.64 bits per heavy atom. The SMILES string of the molecule is CCC(=O)Oc1ccc(-c2nc3ccc(Br)cn3c2NC2CCCCC2)cc1. The molecular formula is C22H24BrN3O2. The Hall–Kier alpha value is -2.34. The lowest BCUT2D eigenvalue weighted by molar-refractivity contribution is -0.134. The van der Waals surface area contributed by atoms with Gasteiger partial charge in [0.1, 0.15) is 22.9 Å². The average Bonchev–Trinajstić information content (AvgIpc) is 3.07. The Morgan fingerprint density at radius 1 is 1.18 bits per heavy atom. The fourth-order valence-electron chi connectivity index (χ4n) is 3.68. The van der Waals surface area contributed by atoms with Crippen LogP contribution in [-0.4, -0.2) is 21.4 Å². The summed E-state index contributed by atoms with van der Waals surface area (Å²) >= 11 is 3.57. The molecule has 0 unspecified atom stereocenters. The summed E-state index contributed by atoms with van der Waals surface area (Å²) in [4.78, 5) is 16.4. The number of carbonyl (C=O) groups is 1. The Bertz CT molecular complexity index is 975. The first kappa shape index (κ1) is 19.0. The third-order valence-corrected chi connectivity index (χ3v) is 5.65. The van der Waals surface area contributed by atoms with Crippen LogP contribution >= 0.6 is 15.9 Å². The first-order chi connectivity index (χ1) is 13.6. The molecule has 6 heteroatoms. The lowest BCUT2D eigenvalue weighted by Gasteiger charge is -2.24. The molecular weight excluding hydrogens is 418 g/mol. The minimum atomic E-state index is -0.231. The van der Waals surface area contributed by atoms with Crippen LogP contribution in [0.4, 0.5) is 5.82 Å². The quantitative estimate of drug-likeness (QED) is 0.400. The standard InChI is InChI=1S/C22H24BrN3O2/c1-2-20(27)28-18-11-8-15(9-12-18)21-22(24-17-6-4-3-5-7-17)26-14-16(23)10-13-19(26)25-21/h8-14,17,24H,2-7H2,1H3. The molecule has 1 fully saturated rings. The maximum Gasteiger partial charge on any atom is 0.310 e. The van der Waals surface area contributed by atoms with Gasteiger partial charge in [0, 0.05) is 28.7 Å². The van der Waals surface area contributed by atoms with Gasteiger partial charge in [0.15, 0.2) is 0 Å². The highest BCUT2D eigenvalue weighted by atomic mass is 79.9. The van der Waals surface area contributed by atoms with Gasteiger partial charge in [-0.2, -0.15) is 0 Å². The predicted molar refractivity (Wildman–Crippen MR) is 115 cm³/mol. The van der Waals surface area contributed by atoms with Crippen molar-refractivity contribution in [3.63, 3.8) is 0 Å². The first-order valence-corrected chi connectivity index (χ1v) is 10.7. The normalized spacial score (nSPS) is 14.9. The van der Waals surface area contributed by atoms with Crippen molar-refractivity contribution in [3.8, 4) is 17.0 Å². The molecule has 5 nitrogen and oxygen atoms in total. The molecule has 2 heterocycles. The second-order valence-corrected chi connectivity index (χ2v) is 8.13. The van der Waals surface area contributed by atoms with Gasteiger partial charge in [-0.25, -0.2) is 4.98 Å². The number of nitrogens with zero attached hydrogens (tertiary/aromatic N) is 2. The van der Waals surface area contributed by atoms with Gasteiger partial charge in [0.25, 0.3) is 0 Å². The number of benzene rings is 1. The molecule has 28 heavy (non-hydrogen) atoms. The van der Waals surface area contributed by atoms with E-state index in [1.54, 1.807) is 6.92 Å². The summed E-state index contributed by atoms with van der Waals surface area (Å²) in [6.45, 7) is 1.79. The maximum absolute atomic E-state index is 11.5. The smallest absolute Gasteiger partial charge is 0.310 e. The van der Waals surface area contributed by atoms with Crippen LogP contribution in [0.5, 0.6) is 5.75 Å². The molecule has 1 aromatic carbocycles. The summed E-state index contributed by atoms with van der Waals surface area (Å²) in [5.41, 5.74) is 2.81. The van der Waals surface area contributed by atoms with E-state index >= 15 is 0 Å². The van der Waals surface area contributed by atoms with Crippen molar-refractivity contribution in [2.75, 3.05) is 5.32 Å². The molecule has 0 bridgehead atoms. The van der Waals surface area contributed by atoms with Crippen molar-refractivity contribution >= 4 is 33.4 Å². The monoisotopic (exact) mass is 441 g/mol. The third kappa shape index (κ3) is 4.07. The molecule has 4 rings (SSSR count). The van der Waals surface area contributed by atoms with Gasteiger partial charge < -0.3 is 10.1 Å². The minimum absolute atomic E-state index is 0.231. The van der Waals surface area contributed by atoms with E-state index < -0.39 is 0 Å². The Labute approximate surface area is 173 Å². The second-order valence-electron chi connectivity index (χ2n) is 7.22. The Balaban J connectivity index is 1.70. The fourth-order valence-corrected chi connectivity index (χ4v) is 4.02. The zero-order valence-corrected chi connectivity index (χ0v) is 17.5. The van der Waals surface area contributed by atoms with E-state index in [1.165, 1.54) is 32.1 Å². The van der Waals surface area contributed by atoms with E-state index in [4.69, 9.17) is 9.72 Å². The number of hydrogen-bond acceptors (Lipinski definition) is 4. The summed E-state index contributed by atoms with van der Waals surface area (Å²) in [6, 6.07) is 12.1. The molecule has 0 aliphatic heterocycles. The highest BCUT2D eigenvalue weighted by Crippen LogP contribution is 2.33. The number of halogens is 1. The van der Waals surface area contributed by atoms with E-state index in [1.807, 2.05) is 42.6 Å². The molecule has 1 saturated carbocycles. The van der Waals surface area contributed by atoms with Gasteiger partial charge in [-0.3, -0.25) is 9.20 Å². The lowest BCUT2D eigenvalue weighted by Crippen LogP contribution is -2.23. The van der Waals surface area contributed by atoms with E-state index in [2.05, 4.69) is 25.6 Å². The Morgan fingerprint density at radius 2 is 1.93 bits per heavy atom. The molecule has 0 spiro atoms. The van der Waals surface area contributed by atoms with E-state index in [0.717, 1.165) is 27.2 Å². The second kappa shape index (κ2) is 8.35. The van der Waals surface area contributed by atoms with E-state index in [9.17, 15) is 4.79 Å². The van der Waals surface area contributed by atoms with Crippen LogP contribution in [0.3, 0.4) is 0 Å². The average molecular weight is 442 g/mol. The highest BCUT2D eigenvalue weighted by molar-refractivity contribution is 9.10. The summed E-state index contributed by atoms with van der Waals surface area (Å²) in [5.74, 6) is 1.34. The van der Waals surface area contributed by atoms with E-state index in [0.29, 0.717) is 18.2 Å². The van der Waals surface area contributed by atoms with Crippen molar-refractivity contribution in [2.24, 2.45) is 0 Å². The molecule has 0 saturated heterocycles. The van der Waals surface area contributed by atoms with E-state index in [-0.39, 0.29) is 5.97 Å². The number of anilines is 1. The number of hydrogen-bond donors (Lipinski definition) is 1. The number of imidazole rings is 1. The van der Waals surface area contributed by atoms with Crippen molar-refractivity contribution in [1.29, 1.82) is 0 Å². The lowest BCUT2D eigenvalue weighted by atomic mass is 9.95. The van der Waals surface area contributed by atoms with Crippen LogP contribution in [0.2, 0.25) is 0 Å².